The highest BCUT2D eigenvalue weighted by Crippen LogP contribution is 2.29. The van der Waals surface area contributed by atoms with Crippen LogP contribution in [0.2, 0.25) is 5.02 Å². The maximum absolute atomic E-state index is 5.79. The maximum atomic E-state index is 5.79. The molecule has 0 aliphatic heterocycles. The van der Waals surface area contributed by atoms with Crippen molar-refractivity contribution in [3.63, 3.8) is 0 Å². The average molecular weight is 330 g/mol. The topological polar surface area (TPSA) is 38.9 Å². The molecule has 0 bridgehead atoms. The third-order valence-electron chi connectivity index (χ3n) is 2.09. The lowest BCUT2D eigenvalue weighted by Gasteiger charge is -2.04. The van der Waals surface area contributed by atoms with Gasteiger partial charge in [0.2, 0.25) is 0 Å². The largest absolute Gasteiger partial charge is 0.326 e. The lowest BCUT2D eigenvalue weighted by atomic mass is 10.2. The summed E-state index contributed by atoms with van der Waals surface area (Å²) >= 11 is 10.8. The Kier molecular flexibility index (Phi) is 4.45. The van der Waals surface area contributed by atoms with Gasteiger partial charge >= 0.3 is 0 Å². The van der Waals surface area contributed by atoms with Gasteiger partial charge in [0.1, 0.15) is 5.03 Å². The number of aromatic nitrogens is 1. The third kappa shape index (κ3) is 3.71. The fourth-order valence-electron chi connectivity index (χ4n) is 1.34. The van der Waals surface area contributed by atoms with Gasteiger partial charge in [-0.05, 0) is 35.9 Å². The fraction of sp³-hybridized carbons (Fsp3) is 0.0833. The Labute approximate surface area is 118 Å². The molecule has 88 valence electrons. The Morgan fingerprint density at radius 2 is 2.12 bits per heavy atom. The Morgan fingerprint density at radius 3 is 2.76 bits per heavy atom. The molecule has 0 radical (unpaired) electrons. The van der Waals surface area contributed by atoms with E-state index in [0.29, 0.717) is 11.6 Å². The summed E-state index contributed by atoms with van der Waals surface area (Å²) in [5.41, 5.74) is 6.73. The van der Waals surface area contributed by atoms with E-state index in [-0.39, 0.29) is 0 Å². The minimum atomic E-state index is 0.529. The number of hydrogen-bond acceptors (Lipinski definition) is 3. The van der Waals surface area contributed by atoms with Crippen molar-refractivity contribution >= 4 is 39.3 Å². The molecular formula is C12H10BrClN2S. The van der Waals surface area contributed by atoms with E-state index in [0.717, 1.165) is 20.0 Å². The fourth-order valence-corrected chi connectivity index (χ4v) is 3.02. The van der Waals surface area contributed by atoms with Gasteiger partial charge in [-0.15, -0.1) is 0 Å². The molecule has 0 aliphatic carbocycles. The molecule has 2 rings (SSSR count). The van der Waals surface area contributed by atoms with Crippen LogP contribution in [0.1, 0.15) is 5.56 Å². The monoisotopic (exact) mass is 328 g/mol. The molecule has 0 unspecified atom stereocenters. The molecule has 1 aromatic heterocycles. The zero-order valence-electron chi connectivity index (χ0n) is 8.86. The number of halogens is 2. The molecule has 0 atom stereocenters. The van der Waals surface area contributed by atoms with Gasteiger partial charge in [-0.1, -0.05) is 39.3 Å². The Hall–Kier alpha value is -0.550. The van der Waals surface area contributed by atoms with Crippen LogP contribution in [-0.4, -0.2) is 4.98 Å². The van der Waals surface area contributed by atoms with Gasteiger partial charge in [0, 0.05) is 22.1 Å². The summed E-state index contributed by atoms with van der Waals surface area (Å²) in [6.07, 6.45) is 1.64. The second-order valence-corrected chi connectivity index (χ2v) is 5.86. The molecule has 0 fully saturated rings. The summed E-state index contributed by atoms with van der Waals surface area (Å²) in [4.78, 5) is 5.35. The summed E-state index contributed by atoms with van der Waals surface area (Å²) in [6, 6.07) is 9.85. The standard InChI is InChI=1S/C12H10BrClN2S/c13-9-3-8(6-15)4-11(5-9)17-12-2-1-10(14)7-16-12/h1-5,7H,6,15H2. The Balaban J connectivity index is 2.23. The van der Waals surface area contributed by atoms with Crippen LogP contribution in [-0.2, 0) is 6.54 Å². The van der Waals surface area contributed by atoms with Crippen LogP contribution in [0.25, 0.3) is 0 Å². The van der Waals surface area contributed by atoms with E-state index in [1.54, 1.807) is 18.0 Å². The first-order valence-electron chi connectivity index (χ1n) is 4.96. The zero-order valence-corrected chi connectivity index (χ0v) is 12.0. The number of hydrogen-bond donors (Lipinski definition) is 1. The van der Waals surface area contributed by atoms with E-state index < -0.39 is 0 Å². The number of rotatable bonds is 3. The van der Waals surface area contributed by atoms with E-state index in [9.17, 15) is 0 Å². The van der Waals surface area contributed by atoms with Crippen molar-refractivity contribution in [1.82, 2.24) is 4.98 Å². The first kappa shape index (κ1) is 12.9. The second-order valence-electron chi connectivity index (χ2n) is 3.42. The summed E-state index contributed by atoms with van der Waals surface area (Å²) in [7, 11) is 0. The first-order chi connectivity index (χ1) is 8.17. The molecule has 1 aromatic carbocycles. The van der Waals surface area contributed by atoms with Gasteiger partial charge in [0.15, 0.2) is 0 Å². The molecule has 0 saturated heterocycles. The van der Waals surface area contributed by atoms with E-state index in [4.69, 9.17) is 17.3 Å². The number of nitrogens with zero attached hydrogens (tertiary/aromatic N) is 1. The van der Waals surface area contributed by atoms with Crippen LogP contribution in [0, 0.1) is 0 Å². The van der Waals surface area contributed by atoms with Crippen LogP contribution >= 0.6 is 39.3 Å². The van der Waals surface area contributed by atoms with E-state index in [2.05, 4.69) is 27.0 Å². The quantitative estimate of drug-likeness (QED) is 0.921. The van der Waals surface area contributed by atoms with Crippen molar-refractivity contribution in [1.29, 1.82) is 0 Å². The smallest absolute Gasteiger partial charge is 0.101 e. The van der Waals surface area contributed by atoms with Gasteiger partial charge < -0.3 is 5.73 Å². The SMILES string of the molecule is NCc1cc(Br)cc(Sc2ccc(Cl)cn2)c1. The van der Waals surface area contributed by atoms with Crippen LogP contribution in [0.4, 0.5) is 0 Å². The third-order valence-corrected chi connectivity index (χ3v) is 3.69. The van der Waals surface area contributed by atoms with E-state index in [1.807, 2.05) is 24.3 Å². The van der Waals surface area contributed by atoms with Gasteiger partial charge in [-0.2, -0.15) is 0 Å². The Morgan fingerprint density at radius 1 is 1.29 bits per heavy atom. The average Bonchev–Trinajstić information content (AvgIpc) is 2.31. The minimum absolute atomic E-state index is 0.529. The van der Waals surface area contributed by atoms with Gasteiger partial charge in [-0.3, -0.25) is 0 Å². The molecule has 1 heterocycles. The van der Waals surface area contributed by atoms with Crippen molar-refractivity contribution in [3.05, 3.63) is 51.6 Å². The highest BCUT2D eigenvalue weighted by atomic mass is 79.9. The van der Waals surface area contributed by atoms with Gasteiger partial charge in [0.25, 0.3) is 0 Å². The number of pyridine rings is 1. The van der Waals surface area contributed by atoms with Crippen molar-refractivity contribution in [2.24, 2.45) is 5.73 Å². The molecule has 0 saturated carbocycles. The molecular weight excluding hydrogens is 320 g/mol. The lowest BCUT2D eigenvalue weighted by molar-refractivity contribution is 1.05. The molecule has 2 N–H and O–H groups in total. The van der Waals surface area contributed by atoms with Gasteiger partial charge in [-0.25, -0.2) is 4.98 Å². The molecule has 0 spiro atoms. The predicted octanol–water partition coefficient (Wildman–Crippen LogP) is 4.11. The van der Waals surface area contributed by atoms with Crippen LogP contribution < -0.4 is 5.73 Å². The highest BCUT2D eigenvalue weighted by molar-refractivity contribution is 9.10. The lowest BCUT2D eigenvalue weighted by Crippen LogP contribution is -1.96. The van der Waals surface area contributed by atoms with Crippen molar-refractivity contribution in [3.8, 4) is 0 Å². The first-order valence-corrected chi connectivity index (χ1v) is 6.95. The predicted molar refractivity (Wildman–Crippen MR) is 75.4 cm³/mol. The Bertz CT molecular complexity index is 516. The normalized spacial score (nSPS) is 10.5. The van der Waals surface area contributed by atoms with E-state index in [1.165, 1.54) is 0 Å². The second kappa shape index (κ2) is 5.87. The summed E-state index contributed by atoms with van der Waals surface area (Å²) < 4.78 is 1.02. The van der Waals surface area contributed by atoms with Crippen molar-refractivity contribution < 1.29 is 0 Å². The highest BCUT2D eigenvalue weighted by Gasteiger charge is 2.02. The van der Waals surface area contributed by atoms with E-state index >= 15 is 0 Å². The zero-order chi connectivity index (χ0) is 12.3. The molecule has 0 aliphatic rings. The minimum Gasteiger partial charge on any atom is -0.326 e. The molecule has 5 heteroatoms. The molecule has 17 heavy (non-hydrogen) atoms. The summed E-state index contributed by atoms with van der Waals surface area (Å²) in [6.45, 7) is 0.529. The van der Waals surface area contributed by atoms with Crippen LogP contribution in [0.15, 0.2) is 50.9 Å². The van der Waals surface area contributed by atoms with Crippen molar-refractivity contribution in [2.75, 3.05) is 0 Å². The summed E-state index contributed by atoms with van der Waals surface area (Å²) in [5.74, 6) is 0. The molecule has 2 aromatic rings. The van der Waals surface area contributed by atoms with Crippen LogP contribution in [0.5, 0.6) is 0 Å². The maximum Gasteiger partial charge on any atom is 0.101 e. The van der Waals surface area contributed by atoms with Crippen LogP contribution in [0.3, 0.4) is 0 Å². The number of nitrogens with two attached hydrogens (primary N) is 1. The molecule has 0 amide bonds. The summed E-state index contributed by atoms with van der Waals surface area (Å²) in [5, 5.41) is 1.56. The van der Waals surface area contributed by atoms with Gasteiger partial charge in [0.05, 0.1) is 5.02 Å². The number of benzene rings is 1. The molecule has 2 nitrogen and oxygen atoms in total. The van der Waals surface area contributed by atoms with Crippen molar-refractivity contribution in [2.45, 2.75) is 16.5 Å².